The fraction of sp³-hybridized carbons (Fsp3) is 0.353. The number of nitrogens with one attached hydrogen (secondary N) is 2. The standard InChI is InChI=1S/C17H13BrF4N4O2/c18-10-6-12(11(19)5-9(10)17(20,21)22)23-16(28)26-8-1-2-13(26)15-7(3-8)4-14(27)24-25-15/h4-6,8,13H,1-3H2,(H,23,28)(H,24,27)/t8-,13+/m1/s1. The number of aromatic nitrogens is 2. The van der Waals surface area contributed by atoms with Crippen LogP contribution in [0, 0.1) is 5.82 Å². The van der Waals surface area contributed by atoms with Gasteiger partial charge in [0.1, 0.15) is 5.82 Å². The number of benzene rings is 1. The Bertz CT molecular complexity index is 1020. The lowest BCUT2D eigenvalue weighted by molar-refractivity contribution is -0.138. The van der Waals surface area contributed by atoms with E-state index < -0.39 is 23.6 Å². The monoisotopic (exact) mass is 460 g/mol. The van der Waals surface area contributed by atoms with Crippen molar-refractivity contribution < 1.29 is 22.4 Å². The maximum Gasteiger partial charge on any atom is 0.417 e. The number of nitrogens with zero attached hydrogens (tertiary/aromatic N) is 2. The number of amides is 2. The van der Waals surface area contributed by atoms with E-state index in [0.717, 1.165) is 11.6 Å². The van der Waals surface area contributed by atoms with Crippen LogP contribution in [0.15, 0.2) is 27.5 Å². The van der Waals surface area contributed by atoms with Gasteiger partial charge in [-0.25, -0.2) is 14.3 Å². The van der Waals surface area contributed by atoms with Crippen LogP contribution < -0.4 is 10.9 Å². The van der Waals surface area contributed by atoms with E-state index in [2.05, 4.69) is 31.4 Å². The molecule has 2 aliphatic heterocycles. The summed E-state index contributed by atoms with van der Waals surface area (Å²) in [5.41, 5.74) is -0.498. The number of halogens is 5. The smallest absolute Gasteiger partial charge is 0.313 e. The number of fused-ring (bicyclic) bond motifs is 4. The Hall–Kier alpha value is -2.43. The van der Waals surface area contributed by atoms with Gasteiger partial charge in [0.05, 0.1) is 23.0 Å². The second kappa shape index (κ2) is 6.57. The molecule has 2 atom stereocenters. The van der Waals surface area contributed by atoms with Crippen LogP contribution in [0.3, 0.4) is 0 Å². The minimum Gasteiger partial charge on any atom is -0.313 e. The molecule has 1 aromatic carbocycles. The Morgan fingerprint density at radius 3 is 2.75 bits per heavy atom. The Kier molecular flexibility index (Phi) is 4.44. The average Bonchev–Trinajstić information content (AvgIpc) is 2.92. The minimum absolute atomic E-state index is 0.193. The van der Waals surface area contributed by atoms with Crippen molar-refractivity contribution in [3.63, 3.8) is 0 Å². The molecule has 2 amide bonds. The van der Waals surface area contributed by atoms with Crippen LogP contribution in [-0.2, 0) is 12.6 Å². The molecule has 0 radical (unpaired) electrons. The minimum atomic E-state index is -4.72. The van der Waals surface area contributed by atoms with Crippen LogP contribution in [0.1, 0.15) is 35.7 Å². The van der Waals surface area contributed by atoms with Crippen LogP contribution in [0.5, 0.6) is 0 Å². The molecule has 4 rings (SSSR count). The Balaban J connectivity index is 1.61. The molecular weight excluding hydrogens is 448 g/mol. The fourth-order valence-corrected chi connectivity index (χ4v) is 4.42. The largest absolute Gasteiger partial charge is 0.417 e. The third-order valence-electron chi connectivity index (χ3n) is 5.03. The number of alkyl halides is 3. The van der Waals surface area contributed by atoms with E-state index in [-0.39, 0.29) is 27.8 Å². The van der Waals surface area contributed by atoms with Crippen molar-refractivity contribution in [1.29, 1.82) is 0 Å². The summed E-state index contributed by atoms with van der Waals surface area (Å²) in [6, 6.07) is 1.48. The Labute approximate surface area is 164 Å². The molecule has 2 aromatic rings. The van der Waals surface area contributed by atoms with Gasteiger partial charge in [-0.15, -0.1) is 0 Å². The van der Waals surface area contributed by atoms with E-state index in [0.29, 0.717) is 31.0 Å². The van der Waals surface area contributed by atoms with Gasteiger partial charge in [0.15, 0.2) is 0 Å². The SMILES string of the molecule is O=C(Nc1cc(Br)c(C(F)(F)F)cc1F)N1[C@@H]2CC[C@H]1c1n[nH]c(=O)cc1C2. The summed E-state index contributed by atoms with van der Waals surface area (Å²) >= 11 is 2.77. The first kappa shape index (κ1) is 18.9. The van der Waals surface area contributed by atoms with Crippen molar-refractivity contribution in [2.75, 3.05) is 5.32 Å². The van der Waals surface area contributed by atoms with Crippen LogP contribution in [0.25, 0.3) is 0 Å². The van der Waals surface area contributed by atoms with Gasteiger partial charge in [0.2, 0.25) is 0 Å². The van der Waals surface area contributed by atoms with Gasteiger partial charge in [0, 0.05) is 16.6 Å². The quantitative estimate of drug-likeness (QED) is 0.631. The highest BCUT2D eigenvalue weighted by molar-refractivity contribution is 9.10. The number of anilines is 1. The highest BCUT2D eigenvalue weighted by Gasteiger charge is 2.44. The van der Waals surface area contributed by atoms with Crippen molar-refractivity contribution in [3.05, 3.63) is 55.7 Å². The molecule has 0 spiro atoms. The van der Waals surface area contributed by atoms with E-state index in [1.54, 1.807) is 0 Å². The summed E-state index contributed by atoms with van der Waals surface area (Å²) in [6.07, 6.45) is -2.97. The topological polar surface area (TPSA) is 78.1 Å². The van der Waals surface area contributed by atoms with E-state index in [9.17, 15) is 27.2 Å². The lowest BCUT2D eigenvalue weighted by Crippen LogP contribution is -2.45. The van der Waals surface area contributed by atoms with Crippen LogP contribution in [0.2, 0.25) is 0 Å². The number of carbonyl (C=O) groups is 1. The molecule has 1 aromatic heterocycles. The van der Waals surface area contributed by atoms with Crippen molar-refractivity contribution in [2.45, 2.75) is 37.5 Å². The van der Waals surface area contributed by atoms with Crippen LogP contribution in [-0.4, -0.2) is 27.2 Å². The van der Waals surface area contributed by atoms with Gasteiger partial charge in [-0.05, 0) is 37.0 Å². The van der Waals surface area contributed by atoms with Crippen molar-refractivity contribution in [2.24, 2.45) is 0 Å². The number of aromatic amines is 1. The summed E-state index contributed by atoms with van der Waals surface area (Å²) in [7, 11) is 0. The lowest BCUT2D eigenvalue weighted by atomic mass is 9.99. The predicted molar refractivity (Wildman–Crippen MR) is 94.3 cm³/mol. The predicted octanol–water partition coefficient (Wildman–Crippen LogP) is 3.98. The van der Waals surface area contributed by atoms with Crippen molar-refractivity contribution in [1.82, 2.24) is 15.1 Å². The third kappa shape index (κ3) is 3.17. The van der Waals surface area contributed by atoms with Crippen molar-refractivity contribution >= 4 is 27.6 Å². The van der Waals surface area contributed by atoms with E-state index in [1.165, 1.54) is 11.0 Å². The zero-order chi connectivity index (χ0) is 20.2. The molecule has 148 valence electrons. The zero-order valence-corrected chi connectivity index (χ0v) is 15.7. The normalized spacial score (nSPS) is 20.8. The highest BCUT2D eigenvalue weighted by atomic mass is 79.9. The lowest BCUT2D eigenvalue weighted by Gasteiger charge is -2.35. The van der Waals surface area contributed by atoms with Crippen molar-refractivity contribution in [3.8, 4) is 0 Å². The molecule has 11 heteroatoms. The molecule has 0 aliphatic carbocycles. The zero-order valence-electron chi connectivity index (χ0n) is 14.1. The number of H-pyrrole nitrogens is 1. The summed E-state index contributed by atoms with van der Waals surface area (Å²) in [5.74, 6) is -1.18. The van der Waals surface area contributed by atoms with Crippen LogP contribution >= 0.6 is 15.9 Å². The van der Waals surface area contributed by atoms with Gasteiger partial charge in [-0.2, -0.15) is 18.3 Å². The van der Waals surface area contributed by atoms with Gasteiger partial charge >= 0.3 is 12.2 Å². The average molecular weight is 461 g/mol. The number of urea groups is 1. The Morgan fingerprint density at radius 2 is 2.04 bits per heavy atom. The molecule has 0 unspecified atom stereocenters. The van der Waals surface area contributed by atoms with E-state index in [1.807, 2.05) is 0 Å². The summed E-state index contributed by atoms with van der Waals surface area (Å²) in [6.45, 7) is 0. The number of hydrogen-bond donors (Lipinski definition) is 2. The van der Waals surface area contributed by atoms with Gasteiger partial charge in [0.25, 0.3) is 5.56 Å². The van der Waals surface area contributed by atoms with Gasteiger partial charge in [-0.3, -0.25) is 4.79 Å². The molecule has 2 bridgehead atoms. The van der Waals surface area contributed by atoms with Crippen LogP contribution in [0.4, 0.5) is 28.0 Å². The maximum absolute atomic E-state index is 14.2. The molecule has 0 saturated carbocycles. The highest BCUT2D eigenvalue weighted by Crippen LogP contribution is 2.43. The summed E-state index contributed by atoms with van der Waals surface area (Å²) in [5, 5.41) is 8.75. The molecule has 1 fully saturated rings. The molecule has 1 saturated heterocycles. The second-order valence-electron chi connectivity index (χ2n) is 6.74. The summed E-state index contributed by atoms with van der Waals surface area (Å²) in [4.78, 5) is 25.7. The molecule has 28 heavy (non-hydrogen) atoms. The first-order chi connectivity index (χ1) is 13.1. The first-order valence-corrected chi connectivity index (χ1v) is 9.18. The number of hydrogen-bond acceptors (Lipinski definition) is 3. The second-order valence-corrected chi connectivity index (χ2v) is 7.60. The van der Waals surface area contributed by atoms with E-state index in [4.69, 9.17) is 0 Å². The summed E-state index contributed by atoms with van der Waals surface area (Å²) < 4.78 is 52.4. The Morgan fingerprint density at radius 1 is 1.29 bits per heavy atom. The number of carbonyl (C=O) groups excluding carboxylic acids is 1. The first-order valence-electron chi connectivity index (χ1n) is 8.39. The molecule has 2 N–H and O–H groups in total. The molecule has 3 heterocycles. The van der Waals surface area contributed by atoms with Gasteiger partial charge < -0.3 is 10.2 Å². The van der Waals surface area contributed by atoms with E-state index >= 15 is 0 Å². The van der Waals surface area contributed by atoms with Gasteiger partial charge in [-0.1, -0.05) is 15.9 Å². The molecule has 6 nitrogen and oxygen atoms in total. The molecule has 2 aliphatic rings. The number of rotatable bonds is 1. The third-order valence-corrected chi connectivity index (χ3v) is 5.69. The molecular formula is C17H13BrF4N4O2. The fourth-order valence-electron chi connectivity index (χ4n) is 3.86. The maximum atomic E-state index is 14.2.